The Hall–Kier alpha value is -1.28. The number of nitrogens with zero attached hydrogens (tertiary/aromatic N) is 1. The van der Waals surface area contributed by atoms with Crippen molar-refractivity contribution in [1.29, 1.82) is 0 Å². The van der Waals surface area contributed by atoms with E-state index in [1.807, 2.05) is 0 Å². The highest BCUT2D eigenvalue weighted by molar-refractivity contribution is 5.88. The number of rotatable bonds is 1. The Morgan fingerprint density at radius 3 is 2.94 bits per heavy atom. The van der Waals surface area contributed by atoms with Gasteiger partial charge in [-0.05, 0) is 44.4 Å². The van der Waals surface area contributed by atoms with E-state index in [0.29, 0.717) is 6.04 Å². The van der Waals surface area contributed by atoms with Gasteiger partial charge in [0.05, 0.1) is 5.52 Å². The largest absolute Gasteiger partial charge is 0.346 e. The molecule has 1 atom stereocenters. The van der Waals surface area contributed by atoms with Gasteiger partial charge in [0.2, 0.25) is 0 Å². The van der Waals surface area contributed by atoms with Crippen molar-refractivity contribution in [3.05, 3.63) is 35.0 Å². The molecule has 17 heavy (non-hydrogen) atoms. The molecule has 0 saturated heterocycles. The second-order valence-electron chi connectivity index (χ2n) is 5.13. The van der Waals surface area contributed by atoms with Gasteiger partial charge in [-0.25, -0.2) is 0 Å². The topological polar surface area (TPSA) is 17.0 Å². The molecule has 0 fully saturated rings. The van der Waals surface area contributed by atoms with Gasteiger partial charge in [0.1, 0.15) is 0 Å². The standard InChI is InChI=1S/C15H20N2/c1-10-6-4-7-11-12-8-5-9-13(16-2)15(12)17(3)14(10)11/h4,6-7,13,16H,5,8-9H2,1-3H3. The molecule has 0 spiro atoms. The fourth-order valence-corrected chi connectivity index (χ4v) is 3.42. The fourth-order valence-electron chi connectivity index (χ4n) is 3.42. The van der Waals surface area contributed by atoms with E-state index in [2.05, 4.69) is 49.1 Å². The molecular weight excluding hydrogens is 208 g/mol. The maximum absolute atomic E-state index is 3.46. The Kier molecular flexibility index (Phi) is 2.48. The summed E-state index contributed by atoms with van der Waals surface area (Å²) in [5, 5.41) is 4.92. The summed E-state index contributed by atoms with van der Waals surface area (Å²) in [4.78, 5) is 0. The van der Waals surface area contributed by atoms with Crippen molar-refractivity contribution in [2.75, 3.05) is 7.05 Å². The van der Waals surface area contributed by atoms with Gasteiger partial charge < -0.3 is 9.88 Å². The van der Waals surface area contributed by atoms with Gasteiger partial charge in [0, 0.05) is 24.2 Å². The van der Waals surface area contributed by atoms with Crippen LogP contribution in [0, 0.1) is 6.92 Å². The molecule has 2 nitrogen and oxygen atoms in total. The van der Waals surface area contributed by atoms with Crippen molar-refractivity contribution in [2.24, 2.45) is 7.05 Å². The quantitative estimate of drug-likeness (QED) is 0.793. The van der Waals surface area contributed by atoms with E-state index in [-0.39, 0.29) is 0 Å². The zero-order valence-electron chi connectivity index (χ0n) is 10.9. The summed E-state index contributed by atoms with van der Waals surface area (Å²) >= 11 is 0. The molecule has 1 aromatic carbocycles. The summed E-state index contributed by atoms with van der Waals surface area (Å²) in [5.74, 6) is 0. The van der Waals surface area contributed by atoms with Crippen LogP contribution in [0.5, 0.6) is 0 Å². The van der Waals surface area contributed by atoms with Crippen LogP contribution in [-0.4, -0.2) is 11.6 Å². The predicted octanol–water partition coefficient (Wildman–Crippen LogP) is 3.08. The SMILES string of the molecule is CNC1CCCc2c1n(C)c1c(C)cccc21. The number of aromatic nitrogens is 1. The summed E-state index contributed by atoms with van der Waals surface area (Å²) in [6.07, 6.45) is 3.78. The van der Waals surface area contributed by atoms with E-state index in [4.69, 9.17) is 0 Å². The van der Waals surface area contributed by atoms with Crippen LogP contribution in [0.3, 0.4) is 0 Å². The monoisotopic (exact) mass is 228 g/mol. The molecule has 3 rings (SSSR count). The highest BCUT2D eigenvalue weighted by Crippen LogP contribution is 2.37. The van der Waals surface area contributed by atoms with E-state index in [9.17, 15) is 0 Å². The van der Waals surface area contributed by atoms with Crippen molar-refractivity contribution in [3.63, 3.8) is 0 Å². The average molecular weight is 228 g/mol. The Bertz CT molecular complexity index is 566. The molecule has 1 N–H and O–H groups in total. The van der Waals surface area contributed by atoms with Gasteiger partial charge in [-0.3, -0.25) is 0 Å². The van der Waals surface area contributed by atoms with Crippen LogP contribution in [0.1, 0.15) is 35.7 Å². The average Bonchev–Trinajstić information content (AvgIpc) is 2.65. The Balaban J connectivity index is 2.37. The van der Waals surface area contributed by atoms with E-state index >= 15 is 0 Å². The van der Waals surface area contributed by atoms with Crippen LogP contribution in [0.4, 0.5) is 0 Å². The molecule has 1 heterocycles. The highest BCUT2D eigenvalue weighted by atomic mass is 15.0. The first-order valence-corrected chi connectivity index (χ1v) is 6.48. The Morgan fingerprint density at radius 1 is 1.35 bits per heavy atom. The lowest BCUT2D eigenvalue weighted by molar-refractivity contribution is 0.474. The van der Waals surface area contributed by atoms with E-state index in [0.717, 1.165) is 0 Å². The summed E-state index contributed by atoms with van der Waals surface area (Å²) in [6.45, 7) is 2.21. The smallest absolute Gasteiger partial charge is 0.0512 e. The number of fused-ring (bicyclic) bond motifs is 3. The van der Waals surface area contributed by atoms with Crippen molar-refractivity contribution < 1.29 is 0 Å². The number of hydrogen-bond acceptors (Lipinski definition) is 1. The third kappa shape index (κ3) is 1.44. The first kappa shape index (κ1) is 10.8. The molecule has 1 aromatic heterocycles. The number of hydrogen-bond donors (Lipinski definition) is 1. The van der Waals surface area contributed by atoms with Gasteiger partial charge in [0.15, 0.2) is 0 Å². The maximum Gasteiger partial charge on any atom is 0.0512 e. The molecular formula is C15H20N2. The zero-order valence-corrected chi connectivity index (χ0v) is 10.9. The van der Waals surface area contributed by atoms with Gasteiger partial charge >= 0.3 is 0 Å². The van der Waals surface area contributed by atoms with Crippen LogP contribution < -0.4 is 5.32 Å². The highest BCUT2D eigenvalue weighted by Gasteiger charge is 2.25. The molecule has 0 amide bonds. The van der Waals surface area contributed by atoms with E-state index in [1.54, 1.807) is 5.56 Å². The fraction of sp³-hybridized carbons (Fsp3) is 0.467. The molecule has 0 saturated carbocycles. The lowest BCUT2D eigenvalue weighted by atomic mass is 9.91. The summed E-state index contributed by atoms with van der Waals surface area (Å²) < 4.78 is 2.40. The zero-order chi connectivity index (χ0) is 12.0. The van der Waals surface area contributed by atoms with E-state index < -0.39 is 0 Å². The lowest BCUT2D eigenvalue weighted by Crippen LogP contribution is -2.23. The molecule has 90 valence electrons. The van der Waals surface area contributed by atoms with Crippen molar-refractivity contribution >= 4 is 10.9 Å². The maximum atomic E-state index is 3.46. The lowest BCUT2D eigenvalue weighted by Gasteiger charge is -2.24. The van der Waals surface area contributed by atoms with Gasteiger partial charge in [-0.15, -0.1) is 0 Å². The predicted molar refractivity (Wildman–Crippen MR) is 72.4 cm³/mol. The molecule has 0 bridgehead atoms. The molecule has 1 unspecified atom stereocenters. The second-order valence-corrected chi connectivity index (χ2v) is 5.13. The van der Waals surface area contributed by atoms with E-state index in [1.165, 1.54) is 41.4 Å². The van der Waals surface area contributed by atoms with Gasteiger partial charge in [-0.1, -0.05) is 18.2 Å². The Labute approximate surface area is 103 Å². The number of aryl methyl sites for hydroxylation is 3. The molecule has 1 aliphatic rings. The second kappa shape index (κ2) is 3.88. The first-order chi connectivity index (χ1) is 8.24. The van der Waals surface area contributed by atoms with Gasteiger partial charge in [-0.2, -0.15) is 0 Å². The summed E-state index contributed by atoms with van der Waals surface area (Å²) in [6, 6.07) is 7.19. The van der Waals surface area contributed by atoms with Crippen LogP contribution in [-0.2, 0) is 13.5 Å². The third-order valence-corrected chi connectivity index (χ3v) is 4.17. The minimum absolute atomic E-state index is 0.524. The molecule has 0 aliphatic heterocycles. The summed E-state index contributed by atoms with van der Waals surface area (Å²) in [7, 11) is 4.29. The molecule has 0 radical (unpaired) electrons. The first-order valence-electron chi connectivity index (χ1n) is 6.48. The summed E-state index contributed by atoms with van der Waals surface area (Å²) in [5.41, 5.74) is 5.87. The third-order valence-electron chi connectivity index (χ3n) is 4.17. The normalized spacial score (nSPS) is 19.6. The number of nitrogens with one attached hydrogen (secondary N) is 1. The van der Waals surface area contributed by atoms with Crippen molar-refractivity contribution in [1.82, 2.24) is 9.88 Å². The number of para-hydroxylation sites is 1. The van der Waals surface area contributed by atoms with Crippen LogP contribution in [0.2, 0.25) is 0 Å². The Morgan fingerprint density at radius 2 is 2.18 bits per heavy atom. The van der Waals surface area contributed by atoms with Gasteiger partial charge in [0.25, 0.3) is 0 Å². The molecule has 2 heteroatoms. The van der Waals surface area contributed by atoms with Crippen molar-refractivity contribution in [2.45, 2.75) is 32.2 Å². The molecule has 2 aromatic rings. The van der Waals surface area contributed by atoms with Crippen LogP contribution in [0.25, 0.3) is 10.9 Å². The minimum atomic E-state index is 0.524. The molecule has 1 aliphatic carbocycles. The number of benzene rings is 1. The van der Waals surface area contributed by atoms with Crippen LogP contribution in [0.15, 0.2) is 18.2 Å². The minimum Gasteiger partial charge on any atom is -0.346 e. The van der Waals surface area contributed by atoms with Crippen LogP contribution >= 0.6 is 0 Å². The van der Waals surface area contributed by atoms with Crippen molar-refractivity contribution in [3.8, 4) is 0 Å².